The van der Waals surface area contributed by atoms with Gasteiger partial charge in [0.15, 0.2) is 0 Å². The quantitative estimate of drug-likeness (QED) is 0.251. The van der Waals surface area contributed by atoms with Gasteiger partial charge in [-0.2, -0.15) is 0 Å². The number of ether oxygens (including phenoxy) is 2. The van der Waals surface area contributed by atoms with Crippen molar-refractivity contribution in [2.75, 3.05) is 11.5 Å². The maximum absolute atomic E-state index is 13.1. The highest BCUT2D eigenvalue weighted by atomic mass is 35.5. The topological polar surface area (TPSA) is 84.9 Å². The van der Waals surface area contributed by atoms with Gasteiger partial charge < -0.3 is 9.47 Å². The average Bonchev–Trinajstić information content (AvgIpc) is 2.86. The Balaban J connectivity index is 1.51. The lowest BCUT2D eigenvalue weighted by molar-refractivity contribution is -0.122. The maximum Gasteiger partial charge on any atom is 0.335 e. The predicted octanol–water partition coefficient (Wildman–Crippen LogP) is 5.46. The van der Waals surface area contributed by atoms with E-state index in [9.17, 15) is 14.4 Å². The molecule has 0 aromatic heterocycles. The first-order valence-electron chi connectivity index (χ1n) is 11.1. The first-order valence-corrected chi connectivity index (χ1v) is 11.5. The van der Waals surface area contributed by atoms with Crippen LogP contribution in [0.4, 0.5) is 10.5 Å². The van der Waals surface area contributed by atoms with Gasteiger partial charge in [-0.05, 0) is 60.5 Å². The van der Waals surface area contributed by atoms with Crippen molar-refractivity contribution in [1.82, 2.24) is 5.32 Å². The van der Waals surface area contributed by atoms with Crippen LogP contribution in [0.25, 0.3) is 6.08 Å². The highest BCUT2D eigenvalue weighted by Crippen LogP contribution is 2.28. The molecule has 1 fully saturated rings. The minimum atomic E-state index is -0.832. The van der Waals surface area contributed by atoms with E-state index in [2.05, 4.69) is 11.9 Å². The van der Waals surface area contributed by atoms with E-state index >= 15 is 0 Å². The summed E-state index contributed by atoms with van der Waals surface area (Å²) in [7, 11) is 0. The summed E-state index contributed by atoms with van der Waals surface area (Å²) in [5.74, 6) is -0.522. The van der Waals surface area contributed by atoms with Crippen LogP contribution >= 0.6 is 11.6 Å². The monoisotopic (exact) mass is 502 g/mol. The van der Waals surface area contributed by atoms with Gasteiger partial charge >= 0.3 is 6.03 Å². The SMILES string of the molecule is C=CCOc1ccc(/C=C2\C(=O)NC(=O)N(c3ccc(OCc4ccc(C)cc4)cc3)C2=O)cc1Cl. The number of hydrogen-bond donors (Lipinski definition) is 1. The predicted molar refractivity (Wildman–Crippen MR) is 138 cm³/mol. The van der Waals surface area contributed by atoms with Crippen LogP contribution in [0.15, 0.2) is 85.0 Å². The van der Waals surface area contributed by atoms with Crippen molar-refractivity contribution >= 4 is 41.2 Å². The Morgan fingerprint density at radius 3 is 2.36 bits per heavy atom. The molecule has 7 nitrogen and oxygen atoms in total. The summed E-state index contributed by atoms with van der Waals surface area (Å²) in [5, 5.41) is 2.52. The molecular weight excluding hydrogens is 480 g/mol. The van der Waals surface area contributed by atoms with Crippen LogP contribution in [0.1, 0.15) is 16.7 Å². The van der Waals surface area contributed by atoms with E-state index in [0.29, 0.717) is 34.4 Å². The second kappa shape index (κ2) is 10.9. The molecule has 36 heavy (non-hydrogen) atoms. The van der Waals surface area contributed by atoms with E-state index in [1.165, 1.54) is 6.08 Å². The molecule has 0 saturated carbocycles. The van der Waals surface area contributed by atoms with Gasteiger partial charge in [-0.25, -0.2) is 9.69 Å². The molecule has 1 N–H and O–H groups in total. The van der Waals surface area contributed by atoms with E-state index in [4.69, 9.17) is 21.1 Å². The van der Waals surface area contributed by atoms with Gasteiger partial charge in [-0.15, -0.1) is 0 Å². The third-order valence-corrected chi connectivity index (χ3v) is 5.64. The molecule has 1 heterocycles. The van der Waals surface area contributed by atoms with Gasteiger partial charge in [-0.3, -0.25) is 14.9 Å². The first-order chi connectivity index (χ1) is 17.4. The smallest absolute Gasteiger partial charge is 0.335 e. The molecule has 3 aromatic carbocycles. The summed E-state index contributed by atoms with van der Waals surface area (Å²) in [5.41, 5.74) is 2.77. The molecule has 3 aromatic rings. The van der Waals surface area contributed by atoms with Crippen LogP contribution < -0.4 is 19.7 Å². The minimum absolute atomic E-state index is 0.204. The minimum Gasteiger partial charge on any atom is -0.489 e. The van der Waals surface area contributed by atoms with Gasteiger partial charge in [0.1, 0.15) is 30.3 Å². The van der Waals surface area contributed by atoms with Gasteiger partial charge in [0.05, 0.1) is 10.7 Å². The summed E-state index contributed by atoms with van der Waals surface area (Å²) in [6.45, 7) is 6.27. The van der Waals surface area contributed by atoms with Crippen LogP contribution in [0.2, 0.25) is 5.02 Å². The second-order valence-corrected chi connectivity index (χ2v) is 8.42. The van der Waals surface area contributed by atoms with Crippen LogP contribution in [0, 0.1) is 6.92 Å². The van der Waals surface area contributed by atoms with Gasteiger partial charge in [-0.1, -0.05) is 60.2 Å². The number of barbiturate groups is 1. The Kier molecular flexibility index (Phi) is 7.51. The lowest BCUT2D eigenvalue weighted by Crippen LogP contribution is -2.54. The third kappa shape index (κ3) is 5.64. The molecule has 0 atom stereocenters. The number of carbonyl (C=O) groups excluding carboxylic acids is 3. The molecule has 0 unspecified atom stereocenters. The van der Waals surface area contributed by atoms with E-state index < -0.39 is 17.8 Å². The van der Waals surface area contributed by atoms with Crippen molar-refractivity contribution in [2.24, 2.45) is 0 Å². The van der Waals surface area contributed by atoms with Gasteiger partial charge in [0.2, 0.25) is 0 Å². The largest absolute Gasteiger partial charge is 0.489 e. The number of rotatable bonds is 8. The van der Waals surface area contributed by atoms with Crippen molar-refractivity contribution in [3.05, 3.63) is 107 Å². The van der Waals surface area contributed by atoms with Gasteiger partial charge in [0.25, 0.3) is 11.8 Å². The van der Waals surface area contributed by atoms with E-state index in [1.54, 1.807) is 48.5 Å². The van der Waals surface area contributed by atoms with Crippen molar-refractivity contribution < 1.29 is 23.9 Å². The Labute approximate surface area is 213 Å². The molecule has 1 saturated heterocycles. The standard InChI is InChI=1S/C28H23ClN2O5/c1-3-14-35-25-13-8-20(16-24(25)29)15-23-26(32)30-28(34)31(27(23)33)21-9-11-22(12-10-21)36-17-19-6-4-18(2)5-7-19/h3-13,15-16H,1,14,17H2,2H3,(H,30,32,34)/b23-15+. The summed E-state index contributed by atoms with van der Waals surface area (Å²) >= 11 is 6.24. The second-order valence-electron chi connectivity index (χ2n) is 8.02. The first kappa shape index (κ1) is 24.8. The van der Waals surface area contributed by atoms with Crippen LogP contribution in [-0.2, 0) is 16.2 Å². The van der Waals surface area contributed by atoms with E-state index in [0.717, 1.165) is 16.0 Å². The number of aryl methyl sites for hydroxylation is 1. The van der Waals surface area contributed by atoms with Crippen LogP contribution in [0.3, 0.4) is 0 Å². The maximum atomic E-state index is 13.1. The lowest BCUT2D eigenvalue weighted by atomic mass is 10.1. The molecule has 8 heteroatoms. The number of nitrogens with one attached hydrogen (secondary N) is 1. The average molecular weight is 503 g/mol. The van der Waals surface area contributed by atoms with Crippen molar-refractivity contribution in [2.45, 2.75) is 13.5 Å². The molecule has 0 spiro atoms. The Hall–Kier alpha value is -4.36. The molecule has 182 valence electrons. The number of anilines is 1. The number of amides is 4. The number of benzene rings is 3. The zero-order chi connectivity index (χ0) is 25.7. The van der Waals surface area contributed by atoms with Gasteiger partial charge in [0, 0.05) is 0 Å². The van der Waals surface area contributed by atoms with Crippen molar-refractivity contribution in [3.63, 3.8) is 0 Å². The summed E-state index contributed by atoms with van der Waals surface area (Å²) in [6.07, 6.45) is 2.96. The summed E-state index contributed by atoms with van der Waals surface area (Å²) in [6, 6.07) is 18.5. The van der Waals surface area contributed by atoms with Crippen LogP contribution in [-0.4, -0.2) is 24.5 Å². The molecule has 1 aliphatic rings. The molecule has 0 radical (unpaired) electrons. The number of halogens is 1. The van der Waals surface area contributed by atoms with Crippen LogP contribution in [0.5, 0.6) is 11.5 Å². The summed E-state index contributed by atoms with van der Waals surface area (Å²) in [4.78, 5) is 39.0. The summed E-state index contributed by atoms with van der Waals surface area (Å²) < 4.78 is 11.2. The molecular formula is C28H23ClN2O5. The number of urea groups is 1. The Bertz CT molecular complexity index is 1350. The normalized spacial score (nSPS) is 14.6. The van der Waals surface area contributed by atoms with E-state index in [1.807, 2.05) is 31.2 Å². The van der Waals surface area contributed by atoms with Crippen molar-refractivity contribution in [3.8, 4) is 11.5 Å². The molecule has 4 amide bonds. The third-order valence-electron chi connectivity index (χ3n) is 5.35. The lowest BCUT2D eigenvalue weighted by Gasteiger charge is -2.26. The van der Waals surface area contributed by atoms with E-state index in [-0.39, 0.29) is 12.2 Å². The Morgan fingerprint density at radius 2 is 1.69 bits per heavy atom. The van der Waals surface area contributed by atoms with Crippen molar-refractivity contribution in [1.29, 1.82) is 0 Å². The number of nitrogens with zero attached hydrogens (tertiary/aromatic N) is 1. The number of imide groups is 2. The fourth-order valence-corrected chi connectivity index (χ4v) is 3.72. The zero-order valence-electron chi connectivity index (χ0n) is 19.5. The number of hydrogen-bond acceptors (Lipinski definition) is 5. The fraction of sp³-hybridized carbons (Fsp3) is 0.107. The molecule has 4 rings (SSSR count). The Morgan fingerprint density at radius 1 is 0.972 bits per heavy atom. The molecule has 1 aliphatic heterocycles. The zero-order valence-corrected chi connectivity index (χ0v) is 20.2. The molecule has 0 aliphatic carbocycles. The molecule has 0 bridgehead atoms. The highest BCUT2D eigenvalue weighted by Gasteiger charge is 2.36. The fourth-order valence-electron chi connectivity index (χ4n) is 3.47. The number of carbonyl (C=O) groups is 3. The highest BCUT2D eigenvalue weighted by molar-refractivity contribution is 6.39.